The van der Waals surface area contributed by atoms with Crippen molar-refractivity contribution in [3.8, 4) is 5.75 Å². The molecule has 0 aliphatic carbocycles. The van der Waals surface area contributed by atoms with Crippen molar-refractivity contribution in [2.24, 2.45) is 5.92 Å². The van der Waals surface area contributed by atoms with Crippen molar-refractivity contribution in [3.05, 3.63) is 76.1 Å². The van der Waals surface area contributed by atoms with Crippen molar-refractivity contribution in [1.29, 1.82) is 0 Å². The van der Waals surface area contributed by atoms with Crippen LogP contribution in [0.15, 0.2) is 63.8 Å². The molecule has 1 fully saturated rings. The Kier molecular flexibility index (Phi) is 6.14. The van der Waals surface area contributed by atoms with Crippen LogP contribution in [0.2, 0.25) is 0 Å². The molecule has 1 aliphatic rings. The van der Waals surface area contributed by atoms with Gasteiger partial charge in [0.15, 0.2) is 11.3 Å². The summed E-state index contributed by atoms with van der Waals surface area (Å²) in [6, 6.07) is 16.9. The number of carbonyl (C=O) groups excluding carboxylic acids is 1. The zero-order valence-electron chi connectivity index (χ0n) is 17.0. The summed E-state index contributed by atoms with van der Waals surface area (Å²) in [5, 5.41) is 0.664. The highest BCUT2D eigenvalue weighted by Crippen LogP contribution is 2.25. The average Bonchev–Trinajstić information content (AvgIpc) is 2.79. The maximum Gasteiger partial charge on any atom is 0.349 e. The highest BCUT2D eigenvalue weighted by Gasteiger charge is 2.27. The normalized spacial score (nSPS) is 16.6. The lowest BCUT2D eigenvalue weighted by Crippen LogP contribution is -2.42. The van der Waals surface area contributed by atoms with Gasteiger partial charge in [0, 0.05) is 18.5 Å². The molecular formula is C24H25NO5. The minimum absolute atomic E-state index is 0.0570. The van der Waals surface area contributed by atoms with E-state index < -0.39 is 5.63 Å². The highest BCUT2D eigenvalue weighted by atomic mass is 16.5. The molecule has 1 saturated heterocycles. The van der Waals surface area contributed by atoms with Crippen LogP contribution in [0.1, 0.15) is 28.8 Å². The van der Waals surface area contributed by atoms with Gasteiger partial charge < -0.3 is 18.8 Å². The Bertz CT molecular complexity index is 1080. The molecule has 1 aromatic heterocycles. The Labute approximate surface area is 175 Å². The van der Waals surface area contributed by atoms with Gasteiger partial charge in [-0.25, -0.2) is 4.79 Å². The molecule has 0 radical (unpaired) electrons. The monoisotopic (exact) mass is 407 g/mol. The van der Waals surface area contributed by atoms with E-state index in [9.17, 15) is 9.59 Å². The Morgan fingerprint density at radius 3 is 2.80 bits per heavy atom. The van der Waals surface area contributed by atoms with Gasteiger partial charge in [-0.15, -0.1) is 0 Å². The van der Waals surface area contributed by atoms with Crippen LogP contribution in [0, 0.1) is 5.92 Å². The molecule has 1 aliphatic heterocycles. The van der Waals surface area contributed by atoms with Crippen LogP contribution in [0.4, 0.5) is 0 Å². The van der Waals surface area contributed by atoms with E-state index in [2.05, 4.69) is 0 Å². The van der Waals surface area contributed by atoms with Crippen LogP contribution in [0.5, 0.6) is 5.75 Å². The van der Waals surface area contributed by atoms with Gasteiger partial charge in [0.2, 0.25) is 0 Å². The number of likely N-dealkylation sites (tertiary alicyclic amines) is 1. The van der Waals surface area contributed by atoms with Gasteiger partial charge in [-0.3, -0.25) is 4.79 Å². The number of methoxy groups -OCH3 is 1. The molecule has 30 heavy (non-hydrogen) atoms. The van der Waals surface area contributed by atoms with Gasteiger partial charge in [-0.1, -0.05) is 42.5 Å². The zero-order valence-corrected chi connectivity index (χ0v) is 17.0. The number of piperidine rings is 1. The van der Waals surface area contributed by atoms with Gasteiger partial charge in [0.05, 0.1) is 20.3 Å². The average molecular weight is 407 g/mol. The Morgan fingerprint density at radius 2 is 2.00 bits per heavy atom. The van der Waals surface area contributed by atoms with Crippen LogP contribution in [0.25, 0.3) is 11.0 Å². The summed E-state index contributed by atoms with van der Waals surface area (Å²) in [6.45, 7) is 2.34. The van der Waals surface area contributed by atoms with Crippen LogP contribution in [-0.2, 0) is 11.3 Å². The number of hydrogen-bond donors (Lipinski definition) is 0. The number of rotatable bonds is 6. The molecule has 4 rings (SSSR count). The van der Waals surface area contributed by atoms with Crippen LogP contribution in [0.3, 0.4) is 0 Å². The fourth-order valence-electron chi connectivity index (χ4n) is 3.90. The smallest absolute Gasteiger partial charge is 0.349 e. The Balaban J connectivity index is 1.44. The van der Waals surface area contributed by atoms with E-state index >= 15 is 0 Å². The minimum atomic E-state index is -0.639. The van der Waals surface area contributed by atoms with E-state index in [0.717, 1.165) is 18.4 Å². The Morgan fingerprint density at radius 1 is 1.17 bits per heavy atom. The summed E-state index contributed by atoms with van der Waals surface area (Å²) in [5.74, 6) is 0.428. The quantitative estimate of drug-likeness (QED) is 0.580. The number of benzene rings is 2. The summed E-state index contributed by atoms with van der Waals surface area (Å²) in [4.78, 5) is 27.3. The van der Waals surface area contributed by atoms with E-state index in [1.165, 1.54) is 7.11 Å². The second kappa shape index (κ2) is 9.13. The molecule has 1 amide bonds. The number of amides is 1. The minimum Gasteiger partial charge on any atom is -0.493 e. The SMILES string of the molecule is COc1cccc2cc(C(=O)N3CCCC(COCc4ccccc4)C3)c(=O)oc12. The van der Waals surface area contributed by atoms with Crippen molar-refractivity contribution in [3.63, 3.8) is 0 Å². The number of nitrogens with zero attached hydrogens (tertiary/aromatic N) is 1. The van der Waals surface area contributed by atoms with Crippen molar-refractivity contribution in [1.82, 2.24) is 4.90 Å². The standard InChI is InChI=1S/C24H25NO5/c1-28-21-11-5-10-19-13-20(24(27)30-22(19)21)23(26)25-12-6-9-18(14-25)16-29-15-17-7-3-2-4-8-17/h2-5,7-8,10-11,13,18H,6,9,12,14-16H2,1H3. The lowest BCUT2D eigenvalue weighted by atomic mass is 9.98. The first-order chi connectivity index (χ1) is 14.7. The van der Waals surface area contributed by atoms with Gasteiger partial charge in [-0.05, 0) is 36.5 Å². The fourth-order valence-corrected chi connectivity index (χ4v) is 3.90. The third kappa shape index (κ3) is 4.39. The fraction of sp³-hybridized carbons (Fsp3) is 0.333. The maximum absolute atomic E-state index is 13.1. The predicted octanol–water partition coefficient (Wildman–Crippen LogP) is 3.87. The molecule has 156 valence electrons. The van der Waals surface area contributed by atoms with E-state index in [-0.39, 0.29) is 17.4 Å². The van der Waals surface area contributed by atoms with Gasteiger partial charge >= 0.3 is 5.63 Å². The molecular weight excluding hydrogens is 382 g/mol. The molecule has 0 N–H and O–H groups in total. The lowest BCUT2D eigenvalue weighted by molar-refractivity contribution is 0.0423. The molecule has 1 unspecified atom stereocenters. The molecule has 3 aromatic rings. The largest absolute Gasteiger partial charge is 0.493 e. The Hall–Kier alpha value is -3.12. The van der Waals surface area contributed by atoms with Crippen molar-refractivity contribution in [2.45, 2.75) is 19.4 Å². The molecule has 1 atom stereocenters. The summed E-state index contributed by atoms with van der Waals surface area (Å²) < 4.78 is 16.5. The van der Waals surface area contributed by atoms with E-state index in [1.807, 2.05) is 30.3 Å². The van der Waals surface area contributed by atoms with E-state index in [1.54, 1.807) is 29.2 Å². The summed E-state index contributed by atoms with van der Waals surface area (Å²) in [5.41, 5.74) is 0.902. The van der Waals surface area contributed by atoms with E-state index in [4.69, 9.17) is 13.9 Å². The lowest BCUT2D eigenvalue weighted by Gasteiger charge is -2.32. The van der Waals surface area contributed by atoms with Crippen LogP contribution < -0.4 is 10.4 Å². The number of ether oxygens (including phenoxy) is 2. The molecule has 2 aromatic carbocycles. The van der Waals surface area contributed by atoms with Gasteiger partial charge in [0.1, 0.15) is 5.56 Å². The molecule has 6 heteroatoms. The molecule has 6 nitrogen and oxygen atoms in total. The topological polar surface area (TPSA) is 69.0 Å². The van der Waals surface area contributed by atoms with Crippen molar-refractivity contribution >= 4 is 16.9 Å². The third-order valence-corrected chi connectivity index (χ3v) is 5.45. The molecule has 2 heterocycles. The van der Waals surface area contributed by atoms with Crippen molar-refractivity contribution < 1.29 is 18.7 Å². The first-order valence-corrected chi connectivity index (χ1v) is 10.2. The first kappa shape index (κ1) is 20.2. The van der Waals surface area contributed by atoms with Gasteiger partial charge in [-0.2, -0.15) is 0 Å². The van der Waals surface area contributed by atoms with Gasteiger partial charge in [0.25, 0.3) is 5.91 Å². The second-order valence-electron chi connectivity index (χ2n) is 7.59. The first-order valence-electron chi connectivity index (χ1n) is 10.2. The number of carbonyl (C=O) groups is 1. The summed E-state index contributed by atoms with van der Waals surface area (Å²) in [7, 11) is 1.52. The molecule has 0 bridgehead atoms. The van der Waals surface area contributed by atoms with Crippen LogP contribution in [-0.4, -0.2) is 37.6 Å². The highest BCUT2D eigenvalue weighted by molar-refractivity contribution is 5.97. The maximum atomic E-state index is 13.1. The molecule has 0 spiro atoms. The third-order valence-electron chi connectivity index (χ3n) is 5.45. The predicted molar refractivity (Wildman–Crippen MR) is 114 cm³/mol. The van der Waals surface area contributed by atoms with Crippen LogP contribution >= 0.6 is 0 Å². The zero-order chi connectivity index (χ0) is 20.9. The number of fused-ring (bicyclic) bond motifs is 1. The number of para-hydroxylation sites is 1. The second-order valence-corrected chi connectivity index (χ2v) is 7.59. The molecule has 0 saturated carbocycles. The van der Waals surface area contributed by atoms with Crippen molar-refractivity contribution in [2.75, 3.05) is 26.8 Å². The number of hydrogen-bond acceptors (Lipinski definition) is 5. The van der Waals surface area contributed by atoms with E-state index in [0.29, 0.717) is 43.0 Å². The summed E-state index contributed by atoms with van der Waals surface area (Å²) in [6.07, 6.45) is 1.89. The summed E-state index contributed by atoms with van der Waals surface area (Å²) >= 11 is 0.